The van der Waals surface area contributed by atoms with Crippen LogP contribution in [0.2, 0.25) is 0 Å². The lowest BCUT2D eigenvalue weighted by atomic mass is 9.86. The summed E-state index contributed by atoms with van der Waals surface area (Å²) in [5.74, 6) is 0.198. The predicted molar refractivity (Wildman–Crippen MR) is 121 cm³/mol. The molecule has 0 spiro atoms. The summed E-state index contributed by atoms with van der Waals surface area (Å²) in [5.41, 5.74) is 4.51. The van der Waals surface area contributed by atoms with Crippen LogP contribution in [0.1, 0.15) is 57.7 Å². The van der Waals surface area contributed by atoms with Gasteiger partial charge in [-0.05, 0) is 66.4 Å². The molecule has 0 aliphatic carbocycles. The molecule has 1 heterocycles. The minimum Gasteiger partial charge on any atom is -0.356 e. The number of benzene rings is 2. The zero-order valence-corrected chi connectivity index (χ0v) is 17.9. The van der Waals surface area contributed by atoms with Gasteiger partial charge in [0, 0.05) is 24.3 Å². The molecule has 2 N–H and O–H groups in total. The Morgan fingerprint density at radius 2 is 1.71 bits per heavy atom. The number of hydrogen-bond acceptors (Lipinski definition) is 2. The first kappa shape index (κ1) is 20.3. The standard InChI is InChI=1S/C23H29N3OS/c1-16(17-7-9-18(10-8-17)23(2,3)4)24-22(28)25-19-11-13-20(14-12-19)26-15-5-6-21(26)27/h7-14,16H,5-6,15H2,1-4H3,(H2,24,25,28)/t16-/m0/s1. The lowest BCUT2D eigenvalue weighted by Gasteiger charge is -2.21. The highest BCUT2D eigenvalue weighted by Gasteiger charge is 2.21. The zero-order valence-electron chi connectivity index (χ0n) is 17.1. The fourth-order valence-corrected chi connectivity index (χ4v) is 3.66. The third kappa shape index (κ3) is 4.90. The topological polar surface area (TPSA) is 44.4 Å². The molecule has 28 heavy (non-hydrogen) atoms. The lowest BCUT2D eigenvalue weighted by molar-refractivity contribution is -0.117. The molecule has 4 nitrogen and oxygen atoms in total. The SMILES string of the molecule is C[C@H](NC(=S)Nc1ccc(N2CCCC2=O)cc1)c1ccc(C(C)(C)C)cc1. The van der Waals surface area contributed by atoms with Gasteiger partial charge in [-0.15, -0.1) is 0 Å². The van der Waals surface area contributed by atoms with E-state index in [1.54, 1.807) is 0 Å². The predicted octanol–water partition coefficient (Wildman–Crippen LogP) is 5.16. The summed E-state index contributed by atoms with van der Waals surface area (Å²) in [6, 6.07) is 16.6. The Morgan fingerprint density at radius 3 is 2.25 bits per heavy atom. The second-order valence-electron chi connectivity index (χ2n) is 8.39. The molecule has 0 aromatic heterocycles. The summed E-state index contributed by atoms with van der Waals surface area (Å²) < 4.78 is 0. The van der Waals surface area contributed by atoms with Crippen molar-refractivity contribution in [3.05, 3.63) is 59.7 Å². The monoisotopic (exact) mass is 395 g/mol. The van der Waals surface area contributed by atoms with Crippen molar-refractivity contribution in [1.29, 1.82) is 0 Å². The van der Waals surface area contributed by atoms with Crippen molar-refractivity contribution in [3.63, 3.8) is 0 Å². The third-order valence-electron chi connectivity index (χ3n) is 5.13. The highest BCUT2D eigenvalue weighted by Crippen LogP contribution is 2.25. The van der Waals surface area contributed by atoms with Gasteiger partial charge in [-0.3, -0.25) is 4.79 Å². The minimum atomic E-state index is 0.107. The number of thiocarbonyl (C=S) groups is 1. The first-order valence-electron chi connectivity index (χ1n) is 9.82. The van der Waals surface area contributed by atoms with Gasteiger partial charge >= 0.3 is 0 Å². The average molecular weight is 396 g/mol. The van der Waals surface area contributed by atoms with Crippen LogP contribution in [0, 0.1) is 0 Å². The maximum absolute atomic E-state index is 11.8. The van der Waals surface area contributed by atoms with Gasteiger partial charge in [0.2, 0.25) is 5.91 Å². The summed E-state index contributed by atoms with van der Waals surface area (Å²) >= 11 is 5.47. The molecule has 1 aliphatic heterocycles. The normalized spacial score (nSPS) is 15.4. The average Bonchev–Trinajstić information content (AvgIpc) is 3.07. The molecule has 0 radical (unpaired) electrons. The van der Waals surface area contributed by atoms with Crippen LogP contribution in [0.5, 0.6) is 0 Å². The van der Waals surface area contributed by atoms with Gasteiger partial charge in [0.1, 0.15) is 0 Å². The van der Waals surface area contributed by atoms with Gasteiger partial charge in [-0.25, -0.2) is 0 Å². The van der Waals surface area contributed by atoms with Crippen LogP contribution in [0.15, 0.2) is 48.5 Å². The van der Waals surface area contributed by atoms with Crippen LogP contribution in [-0.2, 0) is 10.2 Å². The first-order chi connectivity index (χ1) is 13.2. The van der Waals surface area contributed by atoms with Gasteiger partial charge in [-0.2, -0.15) is 0 Å². The van der Waals surface area contributed by atoms with Crippen LogP contribution in [0.25, 0.3) is 0 Å². The van der Waals surface area contributed by atoms with Crippen LogP contribution >= 0.6 is 12.2 Å². The molecular formula is C23H29N3OS. The molecule has 0 saturated carbocycles. The Labute approximate surface area is 173 Å². The number of hydrogen-bond donors (Lipinski definition) is 2. The number of carbonyl (C=O) groups excluding carboxylic acids is 1. The lowest BCUT2D eigenvalue weighted by Crippen LogP contribution is -2.31. The summed E-state index contributed by atoms with van der Waals surface area (Å²) in [6.45, 7) is 9.55. The molecule has 2 aromatic rings. The van der Waals surface area contributed by atoms with Crippen molar-refractivity contribution in [2.75, 3.05) is 16.8 Å². The smallest absolute Gasteiger partial charge is 0.227 e. The Hall–Kier alpha value is -2.40. The highest BCUT2D eigenvalue weighted by molar-refractivity contribution is 7.80. The molecule has 5 heteroatoms. The largest absolute Gasteiger partial charge is 0.356 e. The van der Waals surface area contributed by atoms with Crippen LogP contribution in [0.4, 0.5) is 11.4 Å². The molecule has 0 bridgehead atoms. The number of nitrogens with one attached hydrogen (secondary N) is 2. The van der Waals surface area contributed by atoms with Crippen molar-refractivity contribution in [2.45, 2.75) is 52.0 Å². The van der Waals surface area contributed by atoms with Crippen molar-refractivity contribution in [2.24, 2.45) is 0 Å². The maximum Gasteiger partial charge on any atom is 0.227 e. The van der Waals surface area contributed by atoms with E-state index in [9.17, 15) is 4.79 Å². The van der Waals surface area contributed by atoms with Crippen LogP contribution in [0.3, 0.4) is 0 Å². The van der Waals surface area contributed by atoms with E-state index in [1.807, 2.05) is 29.2 Å². The Morgan fingerprint density at radius 1 is 1.07 bits per heavy atom. The van der Waals surface area contributed by atoms with E-state index >= 15 is 0 Å². The van der Waals surface area contributed by atoms with E-state index in [2.05, 4.69) is 62.6 Å². The minimum absolute atomic E-state index is 0.107. The van der Waals surface area contributed by atoms with E-state index in [4.69, 9.17) is 12.2 Å². The van der Waals surface area contributed by atoms with E-state index < -0.39 is 0 Å². The van der Waals surface area contributed by atoms with Crippen molar-refractivity contribution in [1.82, 2.24) is 5.32 Å². The Bertz CT molecular complexity index is 838. The summed E-state index contributed by atoms with van der Waals surface area (Å²) in [7, 11) is 0. The molecule has 1 fully saturated rings. The number of carbonyl (C=O) groups is 1. The van der Waals surface area contributed by atoms with Gasteiger partial charge < -0.3 is 15.5 Å². The first-order valence-corrected chi connectivity index (χ1v) is 10.2. The quantitative estimate of drug-likeness (QED) is 0.702. The highest BCUT2D eigenvalue weighted by atomic mass is 32.1. The van der Waals surface area contributed by atoms with Gasteiger partial charge in [0.15, 0.2) is 5.11 Å². The van der Waals surface area contributed by atoms with E-state index in [0.717, 1.165) is 24.3 Å². The molecule has 2 aromatic carbocycles. The molecule has 1 atom stereocenters. The fourth-order valence-electron chi connectivity index (χ4n) is 3.36. The van der Waals surface area contributed by atoms with Gasteiger partial charge in [-0.1, -0.05) is 45.0 Å². The van der Waals surface area contributed by atoms with Crippen molar-refractivity contribution >= 4 is 34.6 Å². The molecule has 3 rings (SSSR count). The van der Waals surface area contributed by atoms with Crippen molar-refractivity contribution in [3.8, 4) is 0 Å². The number of rotatable bonds is 4. The third-order valence-corrected chi connectivity index (χ3v) is 5.35. The molecule has 0 unspecified atom stereocenters. The van der Waals surface area contributed by atoms with E-state index in [0.29, 0.717) is 11.5 Å². The van der Waals surface area contributed by atoms with E-state index in [-0.39, 0.29) is 17.4 Å². The summed E-state index contributed by atoms with van der Waals surface area (Å²) in [6.07, 6.45) is 1.57. The molecule has 1 saturated heterocycles. The van der Waals surface area contributed by atoms with Crippen LogP contribution in [-0.4, -0.2) is 17.6 Å². The second-order valence-corrected chi connectivity index (χ2v) is 8.80. The van der Waals surface area contributed by atoms with Gasteiger partial charge in [0.25, 0.3) is 0 Å². The Kier molecular flexibility index (Phi) is 6.04. The van der Waals surface area contributed by atoms with Crippen LogP contribution < -0.4 is 15.5 Å². The molecular weight excluding hydrogens is 366 g/mol. The number of amides is 1. The molecule has 148 valence electrons. The summed E-state index contributed by atoms with van der Waals surface area (Å²) in [4.78, 5) is 13.7. The fraction of sp³-hybridized carbons (Fsp3) is 0.391. The second kappa shape index (κ2) is 8.31. The number of nitrogens with zero attached hydrogens (tertiary/aromatic N) is 1. The van der Waals surface area contributed by atoms with E-state index in [1.165, 1.54) is 11.1 Å². The zero-order chi connectivity index (χ0) is 20.3. The maximum atomic E-state index is 11.8. The number of anilines is 2. The molecule has 1 aliphatic rings. The Balaban J connectivity index is 1.57. The molecule has 1 amide bonds. The van der Waals surface area contributed by atoms with Gasteiger partial charge in [0.05, 0.1) is 6.04 Å². The summed E-state index contributed by atoms with van der Waals surface area (Å²) in [5, 5.41) is 7.14. The van der Waals surface area contributed by atoms with Crippen molar-refractivity contribution < 1.29 is 4.79 Å².